The van der Waals surface area contributed by atoms with E-state index in [0.29, 0.717) is 6.04 Å². The maximum absolute atomic E-state index is 5.74. The first-order valence-electron chi connectivity index (χ1n) is 4.54. The van der Waals surface area contributed by atoms with Crippen molar-refractivity contribution in [2.45, 2.75) is 19.9 Å². The first-order valence-corrected chi connectivity index (χ1v) is 4.54. The Morgan fingerprint density at radius 3 is 2.69 bits per heavy atom. The molecular formula is C11H14N2. The molecule has 0 bridgehead atoms. The van der Waals surface area contributed by atoms with Gasteiger partial charge in [0.15, 0.2) is 0 Å². The van der Waals surface area contributed by atoms with Gasteiger partial charge in [-0.25, -0.2) is 0 Å². The minimum Gasteiger partial charge on any atom is -0.399 e. The molecule has 1 aromatic heterocycles. The highest BCUT2D eigenvalue weighted by molar-refractivity contribution is 5.83. The quantitative estimate of drug-likeness (QED) is 0.662. The van der Waals surface area contributed by atoms with Gasteiger partial charge in [0.2, 0.25) is 0 Å². The molecule has 2 aromatic rings. The van der Waals surface area contributed by atoms with E-state index in [1.165, 1.54) is 10.9 Å². The summed E-state index contributed by atoms with van der Waals surface area (Å²) < 4.78 is 2.23. The number of nitrogens with two attached hydrogens (primary N) is 1. The number of anilines is 1. The molecule has 2 nitrogen and oxygen atoms in total. The number of rotatable bonds is 1. The van der Waals surface area contributed by atoms with Crippen LogP contribution in [0.25, 0.3) is 10.9 Å². The average molecular weight is 174 g/mol. The molecule has 0 aliphatic carbocycles. The van der Waals surface area contributed by atoms with Crippen LogP contribution in [0.15, 0.2) is 30.5 Å². The summed E-state index contributed by atoms with van der Waals surface area (Å²) in [5.74, 6) is 0. The summed E-state index contributed by atoms with van der Waals surface area (Å²) in [5, 5.41) is 1.25. The van der Waals surface area contributed by atoms with Gasteiger partial charge < -0.3 is 10.3 Å². The third-order valence-electron chi connectivity index (χ3n) is 2.30. The lowest BCUT2D eigenvalue weighted by molar-refractivity contribution is 0.623. The summed E-state index contributed by atoms with van der Waals surface area (Å²) in [7, 11) is 0. The Hall–Kier alpha value is -1.44. The fourth-order valence-electron chi connectivity index (χ4n) is 1.62. The number of nitrogens with zero attached hydrogens (tertiary/aromatic N) is 1. The molecule has 0 aliphatic rings. The van der Waals surface area contributed by atoms with Crippen molar-refractivity contribution in [2.24, 2.45) is 0 Å². The number of hydrogen-bond donors (Lipinski definition) is 1. The van der Waals surface area contributed by atoms with Gasteiger partial charge in [-0.05, 0) is 37.4 Å². The zero-order chi connectivity index (χ0) is 9.42. The molecule has 0 aliphatic heterocycles. The largest absolute Gasteiger partial charge is 0.399 e. The van der Waals surface area contributed by atoms with Gasteiger partial charge in [-0.2, -0.15) is 0 Å². The SMILES string of the molecule is CC(C)n1ccc2ccc(N)cc21. The molecule has 0 saturated heterocycles. The second kappa shape index (κ2) is 2.80. The maximum Gasteiger partial charge on any atom is 0.0503 e. The van der Waals surface area contributed by atoms with Gasteiger partial charge in [0, 0.05) is 17.9 Å². The molecule has 0 spiro atoms. The van der Waals surface area contributed by atoms with Crippen LogP contribution in [0, 0.1) is 0 Å². The first-order chi connectivity index (χ1) is 6.18. The Morgan fingerprint density at radius 2 is 2.00 bits per heavy atom. The molecule has 0 unspecified atom stereocenters. The van der Waals surface area contributed by atoms with E-state index >= 15 is 0 Å². The molecule has 1 heterocycles. The molecule has 0 amide bonds. The van der Waals surface area contributed by atoms with E-state index in [-0.39, 0.29) is 0 Å². The second-order valence-electron chi connectivity index (χ2n) is 3.64. The van der Waals surface area contributed by atoms with Crippen molar-refractivity contribution in [2.75, 3.05) is 5.73 Å². The van der Waals surface area contributed by atoms with Gasteiger partial charge in [-0.1, -0.05) is 6.07 Å². The summed E-state index contributed by atoms with van der Waals surface area (Å²) in [6.07, 6.45) is 2.11. The van der Waals surface area contributed by atoms with Crippen LogP contribution < -0.4 is 5.73 Å². The minimum absolute atomic E-state index is 0.485. The third kappa shape index (κ3) is 1.28. The highest BCUT2D eigenvalue weighted by Gasteiger charge is 2.03. The Morgan fingerprint density at radius 1 is 1.23 bits per heavy atom. The summed E-state index contributed by atoms with van der Waals surface area (Å²) in [4.78, 5) is 0. The molecule has 2 heteroatoms. The van der Waals surface area contributed by atoms with Crippen LogP contribution >= 0.6 is 0 Å². The van der Waals surface area contributed by atoms with E-state index in [9.17, 15) is 0 Å². The summed E-state index contributed by atoms with van der Waals surface area (Å²) in [6.45, 7) is 4.34. The summed E-state index contributed by atoms with van der Waals surface area (Å²) in [6, 6.07) is 8.62. The molecule has 68 valence electrons. The lowest BCUT2D eigenvalue weighted by Gasteiger charge is -2.09. The fourth-order valence-corrected chi connectivity index (χ4v) is 1.62. The molecule has 0 fully saturated rings. The number of nitrogen functional groups attached to an aromatic ring is 1. The van der Waals surface area contributed by atoms with Crippen molar-refractivity contribution >= 4 is 16.6 Å². The lowest BCUT2D eigenvalue weighted by atomic mass is 10.2. The average Bonchev–Trinajstić information content (AvgIpc) is 2.46. The van der Waals surface area contributed by atoms with Gasteiger partial charge in [0.25, 0.3) is 0 Å². The van der Waals surface area contributed by atoms with Crippen molar-refractivity contribution in [3.63, 3.8) is 0 Å². The predicted molar refractivity (Wildman–Crippen MR) is 56.7 cm³/mol. The van der Waals surface area contributed by atoms with Gasteiger partial charge in [0.05, 0.1) is 5.52 Å². The van der Waals surface area contributed by atoms with E-state index in [2.05, 4.69) is 36.7 Å². The number of benzene rings is 1. The molecule has 0 atom stereocenters. The zero-order valence-electron chi connectivity index (χ0n) is 7.99. The topological polar surface area (TPSA) is 30.9 Å². The van der Waals surface area contributed by atoms with Crippen LogP contribution in [0.1, 0.15) is 19.9 Å². The highest BCUT2D eigenvalue weighted by atomic mass is 15.0. The van der Waals surface area contributed by atoms with Crippen molar-refractivity contribution in [3.8, 4) is 0 Å². The van der Waals surface area contributed by atoms with Gasteiger partial charge in [0.1, 0.15) is 0 Å². The molecule has 2 N–H and O–H groups in total. The van der Waals surface area contributed by atoms with Crippen LogP contribution in [0.3, 0.4) is 0 Å². The van der Waals surface area contributed by atoms with E-state index in [4.69, 9.17) is 5.73 Å². The van der Waals surface area contributed by atoms with Crippen LogP contribution in [-0.2, 0) is 0 Å². The zero-order valence-corrected chi connectivity index (χ0v) is 7.99. The van der Waals surface area contributed by atoms with Gasteiger partial charge in [-0.3, -0.25) is 0 Å². The van der Waals surface area contributed by atoms with Gasteiger partial charge >= 0.3 is 0 Å². The Labute approximate surface area is 78.0 Å². The molecular weight excluding hydrogens is 160 g/mol. The smallest absolute Gasteiger partial charge is 0.0503 e. The van der Waals surface area contributed by atoms with Crippen molar-refractivity contribution < 1.29 is 0 Å². The third-order valence-corrected chi connectivity index (χ3v) is 2.30. The van der Waals surface area contributed by atoms with Crippen LogP contribution in [-0.4, -0.2) is 4.57 Å². The standard InChI is InChI=1S/C11H14N2/c1-8(2)13-6-5-9-3-4-10(12)7-11(9)13/h3-8H,12H2,1-2H3. The number of aromatic nitrogens is 1. The van der Waals surface area contributed by atoms with E-state index < -0.39 is 0 Å². The Kier molecular flexibility index (Phi) is 1.76. The minimum atomic E-state index is 0.485. The van der Waals surface area contributed by atoms with Crippen LogP contribution in [0.4, 0.5) is 5.69 Å². The number of hydrogen-bond acceptors (Lipinski definition) is 1. The summed E-state index contributed by atoms with van der Waals surface area (Å²) >= 11 is 0. The molecule has 1 aromatic carbocycles. The second-order valence-corrected chi connectivity index (χ2v) is 3.64. The lowest BCUT2D eigenvalue weighted by Crippen LogP contribution is -1.98. The highest BCUT2D eigenvalue weighted by Crippen LogP contribution is 2.21. The van der Waals surface area contributed by atoms with Crippen LogP contribution in [0.2, 0.25) is 0 Å². The Bertz CT molecular complexity index is 427. The maximum atomic E-state index is 5.74. The summed E-state index contributed by atoms with van der Waals surface area (Å²) in [5.41, 5.74) is 7.78. The van der Waals surface area contributed by atoms with E-state index in [1.807, 2.05) is 12.1 Å². The first kappa shape index (κ1) is 8.17. The molecule has 13 heavy (non-hydrogen) atoms. The van der Waals surface area contributed by atoms with Gasteiger partial charge in [-0.15, -0.1) is 0 Å². The predicted octanol–water partition coefficient (Wildman–Crippen LogP) is 2.80. The molecule has 2 rings (SSSR count). The van der Waals surface area contributed by atoms with Crippen molar-refractivity contribution in [1.29, 1.82) is 0 Å². The van der Waals surface area contributed by atoms with Crippen molar-refractivity contribution in [3.05, 3.63) is 30.5 Å². The van der Waals surface area contributed by atoms with Crippen LogP contribution in [0.5, 0.6) is 0 Å². The normalized spacial score (nSPS) is 11.3. The van der Waals surface area contributed by atoms with E-state index in [1.54, 1.807) is 0 Å². The fraction of sp³-hybridized carbons (Fsp3) is 0.273. The number of fused-ring (bicyclic) bond motifs is 1. The monoisotopic (exact) mass is 174 g/mol. The molecule has 0 saturated carbocycles. The Balaban J connectivity index is 2.71. The van der Waals surface area contributed by atoms with E-state index in [0.717, 1.165) is 5.69 Å². The van der Waals surface area contributed by atoms with Crippen molar-refractivity contribution in [1.82, 2.24) is 4.57 Å². The molecule has 0 radical (unpaired) electrons.